The first-order chi connectivity index (χ1) is 7.25. The average Bonchev–Trinajstić information content (AvgIpc) is 2.69. The Bertz CT molecular complexity index is 472. The molecule has 0 radical (unpaired) electrons. The Labute approximate surface area is 93.6 Å². The van der Waals surface area contributed by atoms with Crippen LogP contribution in [0, 0.1) is 6.92 Å². The van der Waals surface area contributed by atoms with Crippen molar-refractivity contribution in [3.8, 4) is 0 Å². The maximum Gasteiger partial charge on any atom is 0.0577 e. The molecule has 0 saturated carbocycles. The van der Waals surface area contributed by atoms with Crippen molar-refractivity contribution in [1.82, 2.24) is 10.2 Å². The summed E-state index contributed by atoms with van der Waals surface area (Å²) < 4.78 is 0. The van der Waals surface area contributed by atoms with E-state index in [-0.39, 0.29) is 0 Å². The molecular weight excluding hydrogens is 208 g/mol. The second-order valence-electron chi connectivity index (χ2n) is 3.37. The molecule has 0 aliphatic heterocycles. The third-order valence-corrected chi connectivity index (χ3v) is 2.45. The molecule has 1 aromatic heterocycles. The first kappa shape index (κ1) is 9.99. The second-order valence-corrected chi connectivity index (χ2v) is 3.78. The number of rotatable bonds is 2. The van der Waals surface area contributed by atoms with Crippen LogP contribution in [0.5, 0.6) is 0 Å². The smallest absolute Gasteiger partial charge is 0.0577 e. The number of nitrogens with one attached hydrogen (secondary N) is 1. The highest BCUT2D eigenvalue weighted by Crippen LogP contribution is 2.19. The van der Waals surface area contributed by atoms with Crippen LogP contribution in [0.3, 0.4) is 0 Å². The van der Waals surface area contributed by atoms with Crippen molar-refractivity contribution in [2.24, 2.45) is 0 Å². The molecule has 3 heteroatoms. The number of nitrogens with zero attached hydrogens (tertiary/aromatic N) is 1. The summed E-state index contributed by atoms with van der Waals surface area (Å²) in [4.78, 5) is 0. The molecule has 0 aliphatic carbocycles. The van der Waals surface area contributed by atoms with Crippen molar-refractivity contribution in [2.45, 2.75) is 6.92 Å². The van der Waals surface area contributed by atoms with E-state index in [1.807, 2.05) is 43.3 Å². The molecule has 15 heavy (non-hydrogen) atoms. The topological polar surface area (TPSA) is 28.7 Å². The van der Waals surface area contributed by atoms with Crippen LogP contribution in [0.15, 0.2) is 30.5 Å². The molecule has 2 rings (SSSR count). The largest absolute Gasteiger partial charge is 0.278 e. The number of aromatic amines is 1. The average molecular weight is 219 g/mol. The van der Waals surface area contributed by atoms with Crippen molar-refractivity contribution in [2.75, 3.05) is 0 Å². The Hall–Kier alpha value is -1.54. The lowest BCUT2D eigenvalue weighted by molar-refractivity contribution is 1.08. The maximum absolute atomic E-state index is 6.09. The van der Waals surface area contributed by atoms with Crippen LogP contribution in [0.2, 0.25) is 5.02 Å². The Kier molecular flexibility index (Phi) is 2.88. The number of hydrogen-bond acceptors (Lipinski definition) is 1. The summed E-state index contributed by atoms with van der Waals surface area (Å²) in [5, 5.41) is 7.49. The van der Waals surface area contributed by atoms with E-state index >= 15 is 0 Å². The summed E-state index contributed by atoms with van der Waals surface area (Å²) in [6.07, 6.45) is 5.63. The van der Waals surface area contributed by atoms with Gasteiger partial charge in [-0.2, -0.15) is 5.10 Å². The number of benzene rings is 1. The van der Waals surface area contributed by atoms with Gasteiger partial charge in [0.25, 0.3) is 0 Å². The molecule has 0 atom stereocenters. The molecule has 0 saturated heterocycles. The van der Waals surface area contributed by atoms with Crippen LogP contribution in [0.1, 0.15) is 16.8 Å². The zero-order valence-corrected chi connectivity index (χ0v) is 9.12. The summed E-state index contributed by atoms with van der Waals surface area (Å²) in [6.45, 7) is 2.02. The van der Waals surface area contributed by atoms with Gasteiger partial charge in [-0.05, 0) is 36.3 Å². The van der Waals surface area contributed by atoms with E-state index < -0.39 is 0 Å². The lowest BCUT2D eigenvalue weighted by Gasteiger charge is -1.98. The summed E-state index contributed by atoms with van der Waals surface area (Å²) in [5.41, 5.74) is 3.14. The molecule has 0 bridgehead atoms. The van der Waals surface area contributed by atoms with Crippen LogP contribution in [-0.2, 0) is 0 Å². The highest BCUT2D eigenvalue weighted by atomic mass is 35.5. The standard InChI is InChI=1S/C12H11ClN2/c1-9-2-3-10(12(13)8-9)4-5-11-6-7-14-15-11/h2-8H,1H3,(H,14,15)/b5-4+. The van der Waals surface area contributed by atoms with Crippen LogP contribution < -0.4 is 0 Å². The number of aryl methyl sites for hydroxylation is 1. The van der Waals surface area contributed by atoms with Gasteiger partial charge in [-0.25, -0.2) is 0 Å². The van der Waals surface area contributed by atoms with Crippen molar-refractivity contribution in [3.63, 3.8) is 0 Å². The molecule has 0 aliphatic rings. The van der Waals surface area contributed by atoms with Crippen LogP contribution in [0.25, 0.3) is 12.2 Å². The number of H-pyrrole nitrogens is 1. The predicted octanol–water partition coefficient (Wildman–Crippen LogP) is 3.54. The summed E-state index contributed by atoms with van der Waals surface area (Å²) in [7, 11) is 0. The van der Waals surface area contributed by atoms with Crippen molar-refractivity contribution in [1.29, 1.82) is 0 Å². The van der Waals surface area contributed by atoms with E-state index in [1.54, 1.807) is 6.20 Å². The zero-order valence-electron chi connectivity index (χ0n) is 8.37. The normalized spacial score (nSPS) is 11.1. The Morgan fingerprint density at radius 3 is 2.80 bits per heavy atom. The van der Waals surface area contributed by atoms with Gasteiger partial charge < -0.3 is 0 Å². The molecule has 2 nitrogen and oxygen atoms in total. The second kappa shape index (κ2) is 4.32. The van der Waals surface area contributed by atoms with Gasteiger partial charge in [-0.3, -0.25) is 5.10 Å². The van der Waals surface area contributed by atoms with E-state index in [4.69, 9.17) is 11.6 Å². The summed E-state index contributed by atoms with van der Waals surface area (Å²) >= 11 is 6.09. The molecule has 76 valence electrons. The molecule has 1 N–H and O–H groups in total. The number of aromatic nitrogens is 2. The zero-order chi connectivity index (χ0) is 10.7. The Balaban J connectivity index is 2.24. The molecule has 0 unspecified atom stereocenters. The first-order valence-electron chi connectivity index (χ1n) is 4.69. The van der Waals surface area contributed by atoms with Gasteiger partial charge in [0.1, 0.15) is 0 Å². The van der Waals surface area contributed by atoms with Gasteiger partial charge in [0.2, 0.25) is 0 Å². The minimum absolute atomic E-state index is 0.769. The van der Waals surface area contributed by atoms with E-state index in [0.29, 0.717) is 0 Å². The minimum atomic E-state index is 0.769. The van der Waals surface area contributed by atoms with Gasteiger partial charge in [-0.1, -0.05) is 29.8 Å². The highest BCUT2D eigenvalue weighted by Gasteiger charge is 1.96. The van der Waals surface area contributed by atoms with E-state index in [9.17, 15) is 0 Å². The molecule has 1 heterocycles. The van der Waals surface area contributed by atoms with E-state index in [2.05, 4.69) is 10.2 Å². The Morgan fingerprint density at radius 1 is 1.27 bits per heavy atom. The first-order valence-corrected chi connectivity index (χ1v) is 5.07. The van der Waals surface area contributed by atoms with Gasteiger partial charge in [0.15, 0.2) is 0 Å². The molecule has 0 amide bonds. The third kappa shape index (κ3) is 2.48. The monoisotopic (exact) mass is 218 g/mol. The molecule has 0 spiro atoms. The van der Waals surface area contributed by atoms with Crippen LogP contribution in [-0.4, -0.2) is 10.2 Å². The molecule has 0 fully saturated rings. The summed E-state index contributed by atoms with van der Waals surface area (Å²) in [5.74, 6) is 0. The highest BCUT2D eigenvalue weighted by molar-refractivity contribution is 6.32. The fraction of sp³-hybridized carbons (Fsp3) is 0.0833. The SMILES string of the molecule is Cc1ccc(/C=C/c2ccn[nH]2)c(Cl)c1. The third-order valence-electron chi connectivity index (χ3n) is 2.12. The van der Waals surface area contributed by atoms with Crippen molar-refractivity contribution < 1.29 is 0 Å². The lowest BCUT2D eigenvalue weighted by atomic mass is 10.1. The molecule has 2 aromatic rings. The lowest BCUT2D eigenvalue weighted by Crippen LogP contribution is -1.78. The fourth-order valence-electron chi connectivity index (χ4n) is 1.31. The van der Waals surface area contributed by atoms with Crippen LogP contribution >= 0.6 is 11.6 Å². The summed E-state index contributed by atoms with van der Waals surface area (Å²) in [6, 6.07) is 7.90. The quantitative estimate of drug-likeness (QED) is 0.821. The number of hydrogen-bond donors (Lipinski definition) is 1. The van der Waals surface area contributed by atoms with E-state index in [1.165, 1.54) is 5.56 Å². The van der Waals surface area contributed by atoms with Crippen molar-refractivity contribution in [3.05, 3.63) is 52.3 Å². The van der Waals surface area contributed by atoms with Gasteiger partial charge in [0, 0.05) is 11.2 Å². The van der Waals surface area contributed by atoms with Crippen molar-refractivity contribution >= 4 is 23.8 Å². The maximum atomic E-state index is 6.09. The molecule has 1 aromatic carbocycles. The molecular formula is C12H11ClN2. The fourth-order valence-corrected chi connectivity index (χ4v) is 1.60. The van der Waals surface area contributed by atoms with E-state index in [0.717, 1.165) is 16.3 Å². The van der Waals surface area contributed by atoms with Gasteiger partial charge in [0.05, 0.1) is 5.69 Å². The van der Waals surface area contributed by atoms with Crippen LogP contribution in [0.4, 0.5) is 0 Å². The van der Waals surface area contributed by atoms with Gasteiger partial charge in [-0.15, -0.1) is 0 Å². The minimum Gasteiger partial charge on any atom is -0.278 e. The van der Waals surface area contributed by atoms with Gasteiger partial charge >= 0.3 is 0 Å². The predicted molar refractivity (Wildman–Crippen MR) is 63.7 cm³/mol. The Morgan fingerprint density at radius 2 is 2.13 bits per heavy atom. The number of halogens is 1.